The predicted molar refractivity (Wildman–Crippen MR) is 59.3 cm³/mol. The van der Waals surface area contributed by atoms with Crippen LogP contribution in [0.1, 0.15) is 18.2 Å². The molecule has 0 aromatic carbocycles. The van der Waals surface area contributed by atoms with E-state index in [9.17, 15) is 0 Å². The molecule has 3 heteroatoms. The van der Waals surface area contributed by atoms with E-state index in [2.05, 4.69) is 40.4 Å². The van der Waals surface area contributed by atoms with Gasteiger partial charge < -0.3 is 5.73 Å². The van der Waals surface area contributed by atoms with Gasteiger partial charge in [-0.1, -0.05) is 12.5 Å². The highest BCUT2D eigenvalue weighted by molar-refractivity contribution is 9.10. The van der Waals surface area contributed by atoms with E-state index in [1.54, 1.807) is 11.3 Å². The minimum atomic E-state index is 0.659. The maximum absolute atomic E-state index is 5.56. The van der Waals surface area contributed by atoms with Crippen LogP contribution in [0.3, 0.4) is 0 Å². The van der Waals surface area contributed by atoms with Crippen molar-refractivity contribution in [3.8, 4) is 0 Å². The van der Waals surface area contributed by atoms with Gasteiger partial charge in [-0.15, -0.1) is 11.3 Å². The molecule has 0 aliphatic rings. The highest BCUT2D eigenvalue weighted by Gasteiger charge is 1.95. The third kappa shape index (κ3) is 2.73. The maximum Gasteiger partial charge on any atom is 0.0288 e. The normalized spacial score (nSPS) is 12.1. The molecule has 12 heavy (non-hydrogen) atoms. The molecule has 66 valence electrons. The lowest BCUT2D eigenvalue weighted by molar-refractivity contribution is 1.02. The Morgan fingerprint density at radius 1 is 1.75 bits per heavy atom. The first kappa shape index (κ1) is 9.96. The van der Waals surface area contributed by atoms with Crippen LogP contribution in [-0.4, -0.2) is 6.54 Å². The maximum atomic E-state index is 5.56. The van der Waals surface area contributed by atoms with Crippen molar-refractivity contribution < 1.29 is 0 Å². The smallest absolute Gasteiger partial charge is 0.0288 e. The molecule has 0 aliphatic heterocycles. The SMILES string of the molecule is CC/C(=C\c1cc(Br)cs1)CN. The van der Waals surface area contributed by atoms with Gasteiger partial charge in [0.2, 0.25) is 0 Å². The number of hydrogen-bond donors (Lipinski definition) is 1. The summed E-state index contributed by atoms with van der Waals surface area (Å²) < 4.78 is 1.14. The fourth-order valence-electron chi connectivity index (χ4n) is 0.910. The summed E-state index contributed by atoms with van der Waals surface area (Å²) in [4.78, 5) is 1.27. The average Bonchev–Trinajstić information content (AvgIpc) is 2.47. The quantitative estimate of drug-likeness (QED) is 0.870. The number of thiophene rings is 1. The minimum absolute atomic E-state index is 0.659. The van der Waals surface area contributed by atoms with Crippen LogP contribution < -0.4 is 5.73 Å². The molecule has 0 atom stereocenters. The number of nitrogens with two attached hydrogens (primary N) is 1. The summed E-state index contributed by atoms with van der Waals surface area (Å²) in [6.45, 7) is 2.79. The Balaban J connectivity index is 2.78. The summed E-state index contributed by atoms with van der Waals surface area (Å²) in [5, 5.41) is 2.08. The first-order chi connectivity index (χ1) is 5.76. The third-order valence-electron chi connectivity index (χ3n) is 1.65. The lowest BCUT2D eigenvalue weighted by atomic mass is 10.2. The lowest BCUT2D eigenvalue weighted by Crippen LogP contribution is -2.01. The summed E-state index contributed by atoms with van der Waals surface area (Å²) in [7, 11) is 0. The Morgan fingerprint density at radius 3 is 2.92 bits per heavy atom. The van der Waals surface area contributed by atoms with Crippen LogP contribution >= 0.6 is 27.3 Å². The molecule has 0 bridgehead atoms. The molecule has 1 nitrogen and oxygen atoms in total. The fraction of sp³-hybridized carbons (Fsp3) is 0.333. The number of halogens is 1. The summed E-state index contributed by atoms with van der Waals surface area (Å²) >= 11 is 5.15. The van der Waals surface area contributed by atoms with Gasteiger partial charge in [0.1, 0.15) is 0 Å². The Morgan fingerprint density at radius 2 is 2.50 bits per heavy atom. The molecule has 2 N–H and O–H groups in total. The van der Waals surface area contributed by atoms with Crippen molar-refractivity contribution in [3.63, 3.8) is 0 Å². The summed E-state index contributed by atoms with van der Waals surface area (Å²) in [5.41, 5.74) is 6.86. The number of rotatable bonds is 3. The van der Waals surface area contributed by atoms with Crippen molar-refractivity contribution in [2.45, 2.75) is 13.3 Å². The van der Waals surface area contributed by atoms with Crippen molar-refractivity contribution in [3.05, 3.63) is 26.4 Å². The first-order valence-electron chi connectivity index (χ1n) is 3.89. The van der Waals surface area contributed by atoms with Crippen LogP contribution in [-0.2, 0) is 0 Å². The molecule has 1 heterocycles. The Hall–Kier alpha value is -0.120. The molecular weight excluding hydrogens is 234 g/mol. The third-order valence-corrected chi connectivity index (χ3v) is 3.29. The second-order valence-corrected chi connectivity index (χ2v) is 4.39. The monoisotopic (exact) mass is 245 g/mol. The highest BCUT2D eigenvalue weighted by atomic mass is 79.9. The summed E-state index contributed by atoms with van der Waals surface area (Å²) in [5.74, 6) is 0. The molecule has 0 spiro atoms. The van der Waals surface area contributed by atoms with Crippen LogP contribution in [0.4, 0.5) is 0 Å². The van der Waals surface area contributed by atoms with Gasteiger partial charge in [0.05, 0.1) is 0 Å². The van der Waals surface area contributed by atoms with E-state index >= 15 is 0 Å². The van der Waals surface area contributed by atoms with Crippen molar-refractivity contribution in [2.75, 3.05) is 6.54 Å². The zero-order valence-corrected chi connectivity index (χ0v) is 9.41. The van der Waals surface area contributed by atoms with Crippen LogP contribution in [0.2, 0.25) is 0 Å². The predicted octanol–water partition coefficient (Wildman–Crippen LogP) is 3.26. The van der Waals surface area contributed by atoms with Crippen LogP contribution in [0, 0.1) is 0 Å². The fourth-order valence-corrected chi connectivity index (χ4v) is 2.34. The Kier molecular flexibility index (Phi) is 3.98. The van der Waals surface area contributed by atoms with E-state index in [4.69, 9.17) is 5.73 Å². The van der Waals surface area contributed by atoms with Crippen LogP contribution in [0.25, 0.3) is 6.08 Å². The Labute approximate surface area is 85.4 Å². The number of hydrogen-bond acceptors (Lipinski definition) is 2. The standard InChI is InChI=1S/C9H12BrNS/c1-2-7(5-11)3-9-4-8(10)6-12-9/h3-4,6H,2,5,11H2,1H3/b7-3+. The van der Waals surface area contributed by atoms with Crippen molar-refractivity contribution in [2.24, 2.45) is 5.73 Å². The van der Waals surface area contributed by atoms with E-state index in [1.165, 1.54) is 10.5 Å². The van der Waals surface area contributed by atoms with Gasteiger partial charge >= 0.3 is 0 Å². The van der Waals surface area contributed by atoms with Gasteiger partial charge in [-0.05, 0) is 34.5 Å². The van der Waals surface area contributed by atoms with E-state index in [1.807, 2.05) is 0 Å². The van der Waals surface area contributed by atoms with E-state index in [-0.39, 0.29) is 0 Å². The molecule has 0 saturated heterocycles. The van der Waals surface area contributed by atoms with E-state index in [0.717, 1.165) is 10.9 Å². The minimum Gasteiger partial charge on any atom is -0.327 e. The van der Waals surface area contributed by atoms with Gasteiger partial charge in [0.25, 0.3) is 0 Å². The van der Waals surface area contributed by atoms with Crippen LogP contribution in [0.15, 0.2) is 21.5 Å². The second kappa shape index (κ2) is 4.80. The van der Waals surface area contributed by atoms with Crippen molar-refractivity contribution in [1.29, 1.82) is 0 Å². The molecule has 0 amide bonds. The molecule has 0 radical (unpaired) electrons. The lowest BCUT2D eigenvalue weighted by Gasteiger charge is -1.96. The van der Waals surface area contributed by atoms with Crippen LogP contribution in [0.5, 0.6) is 0 Å². The largest absolute Gasteiger partial charge is 0.327 e. The Bertz CT molecular complexity index is 272. The van der Waals surface area contributed by atoms with E-state index in [0.29, 0.717) is 6.54 Å². The molecule has 0 aliphatic carbocycles. The van der Waals surface area contributed by atoms with Gasteiger partial charge in [0.15, 0.2) is 0 Å². The molecular formula is C9H12BrNS. The van der Waals surface area contributed by atoms with Crippen molar-refractivity contribution >= 4 is 33.3 Å². The van der Waals surface area contributed by atoms with E-state index < -0.39 is 0 Å². The first-order valence-corrected chi connectivity index (χ1v) is 5.57. The van der Waals surface area contributed by atoms with Crippen molar-refractivity contribution in [1.82, 2.24) is 0 Å². The second-order valence-electron chi connectivity index (χ2n) is 2.53. The summed E-state index contributed by atoms with van der Waals surface area (Å²) in [6.07, 6.45) is 3.20. The zero-order valence-electron chi connectivity index (χ0n) is 7.01. The van der Waals surface area contributed by atoms with Gasteiger partial charge in [0, 0.05) is 21.3 Å². The highest BCUT2D eigenvalue weighted by Crippen LogP contribution is 2.22. The molecule has 1 aromatic rings. The van der Waals surface area contributed by atoms with Gasteiger partial charge in [-0.3, -0.25) is 0 Å². The molecule has 1 rings (SSSR count). The topological polar surface area (TPSA) is 26.0 Å². The summed E-state index contributed by atoms with van der Waals surface area (Å²) in [6, 6.07) is 2.11. The van der Waals surface area contributed by atoms with Gasteiger partial charge in [-0.25, -0.2) is 0 Å². The molecule has 1 aromatic heterocycles. The van der Waals surface area contributed by atoms with Gasteiger partial charge in [-0.2, -0.15) is 0 Å². The molecule has 0 unspecified atom stereocenters. The zero-order chi connectivity index (χ0) is 8.97. The molecule has 0 saturated carbocycles. The molecule has 0 fully saturated rings. The average molecular weight is 246 g/mol.